The number of benzene rings is 1. The Hall–Kier alpha value is -1.22. The molecule has 2 atom stereocenters. The molecule has 0 bridgehead atoms. The van der Waals surface area contributed by atoms with E-state index in [4.69, 9.17) is 22.7 Å². The fourth-order valence-electron chi connectivity index (χ4n) is 3.85. The van der Waals surface area contributed by atoms with Crippen LogP contribution < -0.4 is 10.6 Å². The van der Waals surface area contributed by atoms with Crippen molar-refractivity contribution in [2.75, 3.05) is 11.4 Å². The molecule has 0 unspecified atom stereocenters. The summed E-state index contributed by atoms with van der Waals surface area (Å²) in [5.41, 5.74) is 7.36. The van der Waals surface area contributed by atoms with Gasteiger partial charge < -0.3 is 10.6 Å². The molecule has 1 aromatic rings. The zero-order valence-corrected chi connectivity index (χ0v) is 12.5. The van der Waals surface area contributed by atoms with Crippen molar-refractivity contribution in [1.29, 1.82) is 5.41 Å². The topological polar surface area (TPSA) is 53.1 Å². The molecule has 1 aliphatic carbocycles. The molecule has 1 saturated heterocycles. The number of nitrogens with zero attached hydrogens (tertiary/aromatic N) is 1. The summed E-state index contributed by atoms with van der Waals surface area (Å²) in [5, 5.41) is 8.11. The highest BCUT2D eigenvalue weighted by molar-refractivity contribution is 6.34. The Labute approximate surface area is 125 Å². The predicted molar refractivity (Wildman–Crippen MR) is 84.8 cm³/mol. The number of halogens is 1. The van der Waals surface area contributed by atoms with Crippen molar-refractivity contribution in [2.45, 2.75) is 44.6 Å². The van der Waals surface area contributed by atoms with E-state index in [0.29, 0.717) is 16.6 Å². The SMILES string of the molecule is N=C(N)c1ccc(N2CCC[C@H]3CCCC[C@H]32)cc1Cl. The minimum atomic E-state index is 0.0377. The van der Waals surface area contributed by atoms with Crippen LogP contribution in [-0.4, -0.2) is 18.4 Å². The Balaban J connectivity index is 1.87. The third-order valence-electron chi connectivity index (χ3n) is 4.82. The van der Waals surface area contributed by atoms with E-state index >= 15 is 0 Å². The van der Waals surface area contributed by atoms with E-state index in [1.165, 1.54) is 44.2 Å². The minimum Gasteiger partial charge on any atom is -0.384 e. The zero-order valence-electron chi connectivity index (χ0n) is 11.7. The molecule has 4 heteroatoms. The highest BCUT2D eigenvalue weighted by Gasteiger charge is 2.33. The van der Waals surface area contributed by atoms with E-state index in [9.17, 15) is 0 Å². The number of amidine groups is 1. The van der Waals surface area contributed by atoms with E-state index in [-0.39, 0.29) is 5.84 Å². The Morgan fingerprint density at radius 2 is 1.95 bits per heavy atom. The standard InChI is InChI=1S/C16H22ClN3/c17-14-10-12(7-8-13(14)16(18)19)20-9-3-5-11-4-1-2-6-15(11)20/h7-8,10-11,15H,1-6,9H2,(H3,18,19)/t11-,15-/m1/s1. The summed E-state index contributed by atoms with van der Waals surface area (Å²) >= 11 is 6.27. The normalized spacial score (nSPS) is 26.1. The second kappa shape index (κ2) is 5.65. The van der Waals surface area contributed by atoms with Crippen LogP contribution in [0.3, 0.4) is 0 Å². The molecular formula is C16H22ClN3. The largest absolute Gasteiger partial charge is 0.384 e. The molecule has 3 N–H and O–H groups in total. The molecule has 1 aliphatic heterocycles. The van der Waals surface area contributed by atoms with Gasteiger partial charge in [0.05, 0.1) is 5.02 Å². The molecule has 20 heavy (non-hydrogen) atoms. The quantitative estimate of drug-likeness (QED) is 0.643. The number of hydrogen-bond acceptors (Lipinski definition) is 2. The summed E-state index contributed by atoms with van der Waals surface area (Å²) in [7, 11) is 0. The molecule has 0 aromatic heterocycles. The molecule has 3 rings (SSSR count). The summed E-state index contributed by atoms with van der Waals surface area (Å²) in [6.45, 7) is 1.12. The maximum atomic E-state index is 7.52. The lowest BCUT2D eigenvalue weighted by molar-refractivity contribution is 0.244. The number of nitrogen functional groups attached to an aromatic ring is 1. The molecule has 0 radical (unpaired) electrons. The Morgan fingerprint density at radius 3 is 2.70 bits per heavy atom. The van der Waals surface area contributed by atoms with E-state index < -0.39 is 0 Å². The average molecular weight is 292 g/mol. The third-order valence-corrected chi connectivity index (χ3v) is 5.13. The molecule has 1 aromatic carbocycles. The first-order chi connectivity index (χ1) is 9.66. The highest BCUT2D eigenvalue weighted by Crippen LogP contribution is 2.38. The van der Waals surface area contributed by atoms with Crippen LogP contribution in [0.2, 0.25) is 5.02 Å². The molecule has 1 heterocycles. The fourth-order valence-corrected chi connectivity index (χ4v) is 4.12. The maximum absolute atomic E-state index is 7.52. The van der Waals surface area contributed by atoms with Gasteiger partial charge in [-0.1, -0.05) is 24.4 Å². The van der Waals surface area contributed by atoms with Crippen molar-refractivity contribution in [3.8, 4) is 0 Å². The van der Waals surface area contributed by atoms with E-state index in [2.05, 4.69) is 11.0 Å². The monoisotopic (exact) mass is 291 g/mol. The predicted octanol–water partition coefficient (Wildman–Crippen LogP) is 3.78. The lowest BCUT2D eigenvalue weighted by atomic mass is 9.78. The van der Waals surface area contributed by atoms with Crippen LogP contribution in [0, 0.1) is 11.3 Å². The molecule has 108 valence electrons. The van der Waals surface area contributed by atoms with Crippen LogP contribution >= 0.6 is 11.6 Å². The van der Waals surface area contributed by atoms with Crippen molar-refractivity contribution >= 4 is 23.1 Å². The fraction of sp³-hybridized carbons (Fsp3) is 0.562. The minimum absolute atomic E-state index is 0.0377. The number of fused-ring (bicyclic) bond motifs is 1. The molecular weight excluding hydrogens is 270 g/mol. The summed E-state index contributed by atoms with van der Waals surface area (Å²) in [5.74, 6) is 0.888. The number of anilines is 1. The molecule has 0 spiro atoms. The molecule has 1 saturated carbocycles. The third kappa shape index (κ3) is 2.51. The first-order valence-electron chi connectivity index (χ1n) is 7.57. The van der Waals surface area contributed by atoms with Gasteiger partial charge in [-0.25, -0.2) is 0 Å². The number of hydrogen-bond donors (Lipinski definition) is 2. The Morgan fingerprint density at radius 1 is 1.20 bits per heavy atom. The van der Waals surface area contributed by atoms with Gasteiger partial charge in [0.2, 0.25) is 0 Å². The summed E-state index contributed by atoms with van der Waals surface area (Å²) in [6.07, 6.45) is 8.06. The van der Waals surface area contributed by atoms with Crippen LogP contribution in [0.1, 0.15) is 44.1 Å². The van der Waals surface area contributed by atoms with Gasteiger partial charge in [-0.3, -0.25) is 5.41 Å². The van der Waals surface area contributed by atoms with Gasteiger partial charge in [0.1, 0.15) is 5.84 Å². The zero-order chi connectivity index (χ0) is 14.1. The van der Waals surface area contributed by atoms with Gasteiger partial charge in [-0.15, -0.1) is 0 Å². The van der Waals surface area contributed by atoms with Crippen molar-refractivity contribution < 1.29 is 0 Å². The maximum Gasteiger partial charge on any atom is 0.124 e. The second-order valence-corrected chi connectivity index (χ2v) is 6.43. The van der Waals surface area contributed by atoms with Crippen LogP contribution in [-0.2, 0) is 0 Å². The van der Waals surface area contributed by atoms with Crippen LogP contribution in [0.15, 0.2) is 18.2 Å². The Bertz CT molecular complexity index is 512. The van der Waals surface area contributed by atoms with Gasteiger partial charge >= 0.3 is 0 Å². The second-order valence-electron chi connectivity index (χ2n) is 6.03. The highest BCUT2D eigenvalue weighted by atomic mass is 35.5. The van der Waals surface area contributed by atoms with Crippen LogP contribution in [0.4, 0.5) is 5.69 Å². The molecule has 2 fully saturated rings. The van der Waals surface area contributed by atoms with Crippen LogP contribution in [0.25, 0.3) is 0 Å². The van der Waals surface area contributed by atoms with Crippen molar-refractivity contribution in [3.63, 3.8) is 0 Å². The van der Waals surface area contributed by atoms with Crippen molar-refractivity contribution in [1.82, 2.24) is 0 Å². The van der Waals surface area contributed by atoms with E-state index in [0.717, 1.165) is 12.5 Å². The summed E-state index contributed by atoms with van der Waals surface area (Å²) in [6, 6.07) is 6.61. The summed E-state index contributed by atoms with van der Waals surface area (Å²) < 4.78 is 0. The number of nitrogens with one attached hydrogen (secondary N) is 1. The van der Waals surface area contributed by atoms with Crippen molar-refractivity contribution in [3.05, 3.63) is 28.8 Å². The van der Waals surface area contributed by atoms with Crippen LogP contribution in [0.5, 0.6) is 0 Å². The number of nitrogens with two attached hydrogens (primary N) is 1. The van der Waals surface area contributed by atoms with E-state index in [1.54, 1.807) is 0 Å². The Kier molecular flexibility index (Phi) is 3.88. The van der Waals surface area contributed by atoms with Gasteiger partial charge in [0, 0.05) is 23.8 Å². The van der Waals surface area contributed by atoms with E-state index in [1.807, 2.05) is 12.1 Å². The molecule has 2 aliphatic rings. The molecule has 0 amide bonds. The lowest BCUT2D eigenvalue weighted by Gasteiger charge is -2.45. The first kappa shape index (κ1) is 13.7. The smallest absolute Gasteiger partial charge is 0.124 e. The first-order valence-corrected chi connectivity index (χ1v) is 7.95. The lowest BCUT2D eigenvalue weighted by Crippen LogP contribution is -2.46. The number of rotatable bonds is 2. The summed E-state index contributed by atoms with van der Waals surface area (Å²) in [4.78, 5) is 2.53. The van der Waals surface area contributed by atoms with Gasteiger partial charge in [0.25, 0.3) is 0 Å². The molecule has 3 nitrogen and oxygen atoms in total. The van der Waals surface area contributed by atoms with Gasteiger partial charge in [0.15, 0.2) is 0 Å². The van der Waals surface area contributed by atoms with Crippen molar-refractivity contribution in [2.24, 2.45) is 11.7 Å². The average Bonchev–Trinajstić information content (AvgIpc) is 2.46. The number of piperidine rings is 1. The van der Waals surface area contributed by atoms with Gasteiger partial charge in [-0.2, -0.15) is 0 Å². The van der Waals surface area contributed by atoms with Gasteiger partial charge in [-0.05, 0) is 49.8 Å².